The van der Waals surface area contributed by atoms with E-state index in [1.807, 2.05) is 6.07 Å². The number of carboxylic acid groups (broad SMARTS) is 1. The Morgan fingerprint density at radius 2 is 2.16 bits per heavy atom. The fourth-order valence-corrected chi connectivity index (χ4v) is 2.34. The summed E-state index contributed by atoms with van der Waals surface area (Å²) in [4.78, 5) is 12.5. The normalized spacial score (nSPS) is 16.3. The molecule has 1 fully saturated rings. The van der Waals surface area contributed by atoms with Gasteiger partial charge in [0.05, 0.1) is 0 Å². The quantitative estimate of drug-likeness (QED) is 0.748. The molecule has 0 radical (unpaired) electrons. The van der Waals surface area contributed by atoms with Crippen molar-refractivity contribution in [2.24, 2.45) is 5.92 Å². The van der Waals surface area contributed by atoms with Crippen LogP contribution < -0.4 is 16.0 Å². The predicted molar refractivity (Wildman–Crippen MR) is 72.0 cm³/mol. The van der Waals surface area contributed by atoms with Crippen LogP contribution in [0.15, 0.2) is 12.1 Å². The maximum absolute atomic E-state index is 10.4. The van der Waals surface area contributed by atoms with E-state index in [4.69, 9.17) is 10.8 Å². The molecule has 2 heterocycles. The first-order valence-electron chi connectivity index (χ1n) is 6.46. The Balaban J connectivity index is 1.76. The number of carbonyl (C=O) groups is 1. The van der Waals surface area contributed by atoms with Crippen LogP contribution in [0.5, 0.6) is 0 Å². The van der Waals surface area contributed by atoms with Crippen molar-refractivity contribution in [2.75, 3.05) is 30.3 Å². The molecule has 1 aliphatic heterocycles. The minimum Gasteiger partial charge on any atom is -0.465 e. The molecule has 0 saturated carbocycles. The van der Waals surface area contributed by atoms with Crippen LogP contribution in [0.4, 0.5) is 16.4 Å². The van der Waals surface area contributed by atoms with E-state index in [0.29, 0.717) is 18.3 Å². The highest BCUT2D eigenvalue weighted by Crippen LogP contribution is 2.23. The smallest absolute Gasteiger partial charge is 0.404 e. The lowest BCUT2D eigenvalue weighted by Crippen LogP contribution is -2.35. The number of anilines is 2. The SMILES string of the molecule is Nc1ccc(N2CCC(CCNC(=O)O)CC2)nn1. The minimum absolute atomic E-state index is 0.429. The fourth-order valence-electron chi connectivity index (χ4n) is 2.34. The number of hydrogen-bond donors (Lipinski definition) is 3. The molecule has 0 bridgehead atoms. The van der Waals surface area contributed by atoms with Gasteiger partial charge >= 0.3 is 6.09 Å². The molecule has 2 rings (SSSR count). The molecular weight excluding hydrogens is 246 g/mol. The average Bonchev–Trinajstić information content (AvgIpc) is 2.40. The van der Waals surface area contributed by atoms with Gasteiger partial charge in [-0.25, -0.2) is 4.79 Å². The highest BCUT2D eigenvalue weighted by Gasteiger charge is 2.20. The van der Waals surface area contributed by atoms with Crippen LogP contribution >= 0.6 is 0 Å². The average molecular weight is 265 g/mol. The number of nitrogens with two attached hydrogens (primary N) is 1. The van der Waals surface area contributed by atoms with Crippen LogP contribution in [-0.4, -0.2) is 41.0 Å². The zero-order valence-corrected chi connectivity index (χ0v) is 10.7. The first kappa shape index (κ1) is 13.4. The maximum atomic E-state index is 10.4. The number of rotatable bonds is 4. The highest BCUT2D eigenvalue weighted by atomic mass is 16.4. The van der Waals surface area contributed by atoms with Gasteiger partial charge in [-0.3, -0.25) is 0 Å². The van der Waals surface area contributed by atoms with Crippen molar-refractivity contribution in [1.29, 1.82) is 0 Å². The van der Waals surface area contributed by atoms with Crippen molar-refractivity contribution in [3.05, 3.63) is 12.1 Å². The summed E-state index contributed by atoms with van der Waals surface area (Å²) in [6.07, 6.45) is 2.04. The second kappa shape index (κ2) is 6.21. The molecule has 0 aromatic carbocycles. The molecule has 19 heavy (non-hydrogen) atoms. The molecule has 0 spiro atoms. The maximum Gasteiger partial charge on any atom is 0.404 e. The molecule has 7 nitrogen and oxygen atoms in total. The zero-order valence-electron chi connectivity index (χ0n) is 10.7. The van der Waals surface area contributed by atoms with E-state index in [2.05, 4.69) is 20.4 Å². The van der Waals surface area contributed by atoms with Crippen LogP contribution in [0, 0.1) is 5.92 Å². The molecule has 1 aromatic rings. The molecule has 1 saturated heterocycles. The Morgan fingerprint density at radius 3 is 2.74 bits per heavy atom. The van der Waals surface area contributed by atoms with E-state index in [1.165, 1.54) is 0 Å². The summed E-state index contributed by atoms with van der Waals surface area (Å²) in [5, 5.41) is 18.8. The van der Waals surface area contributed by atoms with E-state index in [0.717, 1.165) is 38.2 Å². The Bertz CT molecular complexity index is 415. The Kier molecular flexibility index (Phi) is 4.38. The van der Waals surface area contributed by atoms with Crippen LogP contribution in [-0.2, 0) is 0 Å². The molecule has 1 aromatic heterocycles. The molecule has 1 amide bonds. The Labute approximate surface area is 111 Å². The molecule has 0 atom stereocenters. The van der Waals surface area contributed by atoms with Crippen molar-refractivity contribution in [2.45, 2.75) is 19.3 Å². The van der Waals surface area contributed by atoms with Gasteiger partial charge in [-0.15, -0.1) is 10.2 Å². The first-order valence-corrected chi connectivity index (χ1v) is 6.46. The molecular formula is C12H19N5O2. The second-order valence-corrected chi connectivity index (χ2v) is 4.77. The Morgan fingerprint density at radius 1 is 1.42 bits per heavy atom. The van der Waals surface area contributed by atoms with Crippen LogP contribution in [0.1, 0.15) is 19.3 Å². The van der Waals surface area contributed by atoms with E-state index >= 15 is 0 Å². The van der Waals surface area contributed by atoms with Crippen molar-refractivity contribution < 1.29 is 9.90 Å². The van der Waals surface area contributed by atoms with Crippen molar-refractivity contribution >= 4 is 17.7 Å². The molecule has 0 unspecified atom stereocenters. The van der Waals surface area contributed by atoms with Gasteiger partial charge < -0.3 is 21.1 Å². The van der Waals surface area contributed by atoms with Crippen molar-refractivity contribution in [1.82, 2.24) is 15.5 Å². The van der Waals surface area contributed by atoms with Gasteiger partial charge in [0.25, 0.3) is 0 Å². The van der Waals surface area contributed by atoms with Crippen LogP contribution in [0.2, 0.25) is 0 Å². The summed E-state index contributed by atoms with van der Waals surface area (Å²) >= 11 is 0. The number of hydrogen-bond acceptors (Lipinski definition) is 5. The summed E-state index contributed by atoms with van der Waals surface area (Å²) in [6.45, 7) is 2.38. The third kappa shape index (κ3) is 3.97. The predicted octanol–water partition coefficient (Wildman–Crippen LogP) is 0.933. The van der Waals surface area contributed by atoms with Crippen LogP contribution in [0.3, 0.4) is 0 Å². The number of piperidine rings is 1. The number of aromatic nitrogens is 2. The van der Waals surface area contributed by atoms with Gasteiger partial charge in [-0.1, -0.05) is 0 Å². The van der Waals surface area contributed by atoms with E-state index < -0.39 is 6.09 Å². The molecule has 1 aliphatic rings. The van der Waals surface area contributed by atoms with Crippen molar-refractivity contribution in [3.63, 3.8) is 0 Å². The van der Waals surface area contributed by atoms with Crippen molar-refractivity contribution in [3.8, 4) is 0 Å². The highest BCUT2D eigenvalue weighted by molar-refractivity contribution is 5.64. The lowest BCUT2D eigenvalue weighted by Gasteiger charge is -2.32. The molecule has 7 heteroatoms. The summed E-state index contributed by atoms with van der Waals surface area (Å²) in [5.41, 5.74) is 5.51. The number of nitrogens with zero attached hydrogens (tertiary/aromatic N) is 3. The number of nitrogens with one attached hydrogen (secondary N) is 1. The van der Waals surface area contributed by atoms with Gasteiger partial charge in [-0.05, 0) is 37.3 Å². The third-order valence-corrected chi connectivity index (χ3v) is 3.44. The summed E-state index contributed by atoms with van der Waals surface area (Å²) in [6, 6.07) is 3.64. The van der Waals surface area contributed by atoms with Gasteiger partial charge in [0.1, 0.15) is 5.82 Å². The monoisotopic (exact) mass is 265 g/mol. The minimum atomic E-state index is -0.949. The largest absolute Gasteiger partial charge is 0.465 e. The van der Waals surface area contributed by atoms with Gasteiger partial charge in [-0.2, -0.15) is 0 Å². The molecule has 4 N–H and O–H groups in total. The Hall–Kier alpha value is -2.05. The lowest BCUT2D eigenvalue weighted by atomic mass is 9.93. The van der Waals surface area contributed by atoms with E-state index in [9.17, 15) is 4.79 Å². The van der Waals surface area contributed by atoms with Crippen LogP contribution in [0.25, 0.3) is 0 Å². The zero-order chi connectivity index (χ0) is 13.7. The van der Waals surface area contributed by atoms with Gasteiger partial charge in [0.2, 0.25) is 0 Å². The van der Waals surface area contributed by atoms with Gasteiger partial charge in [0, 0.05) is 19.6 Å². The van der Waals surface area contributed by atoms with Gasteiger partial charge in [0.15, 0.2) is 5.82 Å². The summed E-state index contributed by atoms with van der Waals surface area (Å²) < 4.78 is 0. The van der Waals surface area contributed by atoms with E-state index in [-0.39, 0.29) is 0 Å². The molecule has 104 valence electrons. The molecule has 0 aliphatic carbocycles. The standard InChI is InChI=1S/C12H19N5O2/c13-10-1-2-11(16-15-10)17-7-4-9(5-8-17)3-6-14-12(18)19/h1-2,9,14H,3-8H2,(H2,13,15)(H,18,19). The fraction of sp³-hybridized carbons (Fsp3) is 0.583. The first-order chi connectivity index (χ1) is 9.15. The lowest BCUT2D eigenvalue weighted by molar-refractivity contribution is 0.193. The number of nitrogen functional groups attached to an aromatic ring is 1. The summed E-state index contributed by atoms with van der Waals surface area (Å²) in [7, 11) is 0. The third-order valence-electron chi connectivity index (χ3n) is 3.44. The second-order valence-electron chi connectivity index (χ2n) is 4.77. The number of amides is 1. The van der Waals surface area contributed by atoms with E-state index in [1.54, 1.807) is 6.07 Å². The summed E-state index contributed by atoms with van der Waals surface area (Å²) in [5.74, 6) is 1.86. The topological polar surface area (TPSA) is 104 Å².